The average molecular weight is 256 g/mol. The summed E-state index contributed by atoms with van der Waals surface area (Å²) in [6, 6.07) is 5.73. The zero-order valence-electron chi connectivity index (χ0n) is 10.4. The van der Waals surface area contributed by atoms with Gasteiger partial charge in [0.05, 0.1) is 12.1 Å². The molecule has 0 saturated carbocycles. The molecule has 1 aromatic rings. The zero-order valence-corrected chi connectivity index (χ0v) is 11.2. The van der Waals surface area contributed by atoms with E-state index >= 15 is 0 Å². The van der Waals surface area contributed by atoms with Crippen molar-refractivity contribution < 1.29 is 9.57 Å². The van der Waals surface area contributed by atoms with E-state index < -0.39 is 0 Å². The molecule has 1 heterocycles. The van der Waals surface area contributed by atoms with Gasteiger partial charge in [0.25, 0.3) is 0 Å². The SMILES string of the molecule is CC(C)(C)ONCC1Cc2cc(Cl)ccc2O1. The van der Waals surface area contributed by atoms with Gasteiger partial charge in [-0.2, -0.15) is 5.48 Å². The Morgan fingerprint density at radius 3 is 2.94 bits per heavy atom. The van der Waals surface area contributed by atoms with Crippen LogP contribution < -0.4 is 10.2 Å². The van der Waals surface area contributed by atoms with E-state index in [9.17, 15) is 0 Å². The molecule has 94 valence electrons. The van der Waals surface area contributed by atoms with Gasteiger partial charge >= 0.3 is 0 Å². The summed E-state index contributed by atoms with van der Waals surface area (Å²) in [5.41, 5.74) is 3.94. The Labute approximate surface area is 107 Å². The van der Waals surface area contributed by atoms with Crippen molar-refractivity contribution in [3.05, 3.63) is 28.8 Å². The van der Waals surface area contributed by atoms with E-state index in [4.69, 9.17) is 21.2 Å². The quantitative estimate of drug-likeness (QED) is 0.843. The highest BCUT2D eigenvalue weighted by Gasteiger charge is 2.23. The van der Waals surface area contributed by atoms with Gasteiger partial charge in [-0.05, 0) is 44.5 Å². The molecule has 0 saturated heterocycles. The molecule has 2 rings (SSSR count). The van der Waals surface area contributed by atoms with Crippen molar-refractivity contribution in [3.8, 4) is 5.75 Å². The lowest BCUT2D eigenvalue weighted by Crippen LogP contribution is -2.36. The van der Waals surface area contributed by atoms with Gasteiger partial charge in [-0.25, -0.2) is 0 Å². The first-order valence-corrected chi connectivity index (χ1v) is 6.18. The summed E-state index contributed by atoms with van der Waals surface area (Å²) in [6.45, 7) is 6.68. The number of benzene rings is 1. The summed E-state index contributed by atoms with van der Waals surface area (Å²) in [4.78, 5) is 5.46. The third-order valence-electron chi connectivity index (χ3n) is 2.45. The van der Waals surface area contributed by atoms with E-state index in [1.165, 1.54) is 5.56 Å². The van der Waals surface area contributed by atoms with Gasteiger partial charge < -0.3 is 4.74 Å². The number of rotatable bonds is 3. The summed E-state index contributed by atoms with van der Waals surface area (Å²) in [5, 5.41) is 0.756. The normalized spacial score (nSPS) is 18.9. The van der Waals surface area contributed by atoms with Crippen molar-refractivity contribution in [2.45, 2.75) is 38.9 Å². The van der Waals surface area contributed by atoms with Crippen molar-refractivity contribution >= 4 is 11.6 Å². The second kappa shape index (κ2) is 4.84. The molecule has 0 amide bonds. The Balaban J connectivity index is 1.84. The van der Waals surface area contributed by atoms with Crippen molar-refractivity contribution in [2.24, 2.45) is 0 Å². The highest BCUT2D eigenvalue weighted by Crippen LogP contribution is 2.30. The number of nitrogens with one attached hydrogen (secondary N) is 1. The minimum absolute atomic E-state index is 0.116. The Morgan fingerprint density at radius 2 is 2.24 bits per heavy atom. The second-order valence-corrected chi connectivity index (χ2v) is 5.70. The molecule has 3 nitrogen and oxygen atoms in total. The number of fused-ring (bicyclic) bond motifs is 1. The standard InChI is InChI=1S/C13H18ClNO2/c1-13(2,3)17-15-8-11-7-9-6-10(14)4-5-12(9)16-11/h4-6,11,15H,7-8H2,1-3H3. The van der Waals surface area contributed by atoms with Crippen LogP contribution in [0.5, 0.6) is 5.75 Å². The lowest BCUT2D eigenvalue weighted by atomic mass is 10.1. The van der Waals surface area contributed by atoms with Crippen LogP contribution in [0.15, 0.2) is 18.2 Å². The third kappa shape index (κ3) is 3.60. The molecular weight excluding hydrogens is 238 g/mol. The number of hydroxylamine groups is 1. The van der Waals surface area contributed by atoms with Crippen molar-refractivity contribution in [1.29, 1.82) is 0 Å². The molecule has 0 radical (unpaired) electrons. The molecule has 1 unspecified atom stereocenters. The Bertz CT molecular complexity index is 401. The van der Waals surface area contributed by atoms with E-state index in [2.05, 4.69) is 5.48 Å². The van der Waals surface area contributed by atoms with Gasteiger partial charge in [0.15, 0.2) is 0 Å². The molecule has 1 N–H and O–H groups in total. The maximum absolute atomic E-state index is 5.94. The van der Waals surface area contributed by atoms with Gasteiger partial charge in [0.2, 0.25) is 0 Å². The monoisotopic (exact) mass is 255 g/mol. The van der Waals surface area contributed by atoms with Crippen molar-refractivity contribution in [3.63, 3.8) is 0 Å². The summed E-state index contributed by atoms with van der Waals surface area (Å²) < 4.78 is 5.78. The van der Waals surface area contributed by atoms with Gasteiger partial charge in [-0.15, -0.1) is 0 Å². The maximum Gasteiger partial charge on any atom is 0.123 e. The first-order valence-electron chi connectivity index (χ1n) is 5.80. The molecule has 4 heteroatoms. The molecule has 0 spiro atoms. The lowest BCUT2D eigenvalue weighted by Gasteiger charge is -2.20. The summed E-state index contributed by atoms with van der Waals surface area (Å²) in [6.07, 6.45) is 0.988. The van der Waals surface area contributed by atoms with Crippen molar-refractivity contribution in [1.82, 2.24) is 5.48 Å². The average Bonchev–Trinajstić information content (AvgIpc) is 2.57. The van der Waals surface area contributed by atoms with Crippen molar-refractivity contribution in [2.75, 3.05) is 6.54 Å². The predicted octanol–water partition coefficient (Wildman–Crippen LogP) is 2.96. The number of halogens is 1. The van der Waals surface area contributed by atoms with Crippen LogP contribution in [-0.2, 0) is 11.3 Å². The lowest BCUT2D eigenvalue weighted by molar-refractivity contribution is -0.0801. The van der Waals surface area contributed by atoms with Gasteiger partial charge in [0.1, 0.15) is 11.9 Å². The molecule has 17 heavy (non-hydrogen) atoms. The molecule has 1 aliphatic heterocycles. The second-order valence-electron chi connectivity index (χ2n) is 5.26. The van der Waals surface area contributed by atoms with Crippen LogP contribution in [0.3, 0.4) is 0 Å². The van der Waals surface area contributed by atoms with Crippen LogP contribution >= 0.6 is 11.6 Å². The van der Waals surface area contributed by atoms with E-state index in [1.54, 1.807) is 0 Å². The number of hydrogen-bond donors (Lipinski definition) is 1. The first-order chi connectivity index (χ1) is 7.94. The molecule has 0 bridgehead atoms. The Kier molecular flexibility index (Phi) is 3.61. The molecule has 0 aromatic heterocycles. The fourth-order valence-electron chi connectivity index (χ4n) is 1.75. The third-order valence-corrected chi connectivity index (χ3v) is 2.69. The topological polar surface area (TPSA) is 30.5 Å². The molecule has 1 aromatic carbocycles. The molecule has 0 fully saturated rings. The number of ether oxygens (including phenoxy) is 1. The largest absolute Gasteiger partial charge is 0.488 e. The highest BCUT2D eigenvalue weighted by molar-refractivity contribution is 6.30. The Morgan fingerprint density at radius 1 is 1.47 bits per heavy atom. The highest BCUT2D eigenvalue weighted by atomic mass is 35.5. The smallest absolute Gasteiger partial charge is 0.123 e. The maximum atomic E-state index is 5.94. The minimum Gasteiger partial charge on any atom is -0.488 e. The van der Waals surface area contributed by atoms with Gasteiger partial charge in [0, 0.05) is 11.4 Å². The summed E-state index contributed by atoms with van der Waals surface area (Å²) in [5.74, 6) is 0.928. The molecule has 1 atom stereocenters. The summed E-state index contributed by atoms with van der Waals surface area (Å²) >= 11 is 5.94. The molecule has 0 aliphatic carbocycles. The Hall–Kier alpha value is -0.770. The van der Waals surface area contributed by atoms with Crippen LogP contribution in [0.4, 0.5) is 0 Å². The fraction of sp³-hybridized carbons (Fsp3) is 0.538. The van der Waals surface area contributed by atoms with E-state index in [0.29, 0.717) is 6.54 Å². The van der Waals surface area contributed by atoms with E-state index in [0.717, 1.165) is 17.2 Å². The van der Waals surface area contributed by atoms with Crippen LogP contribution in [0.25, 0.3) is 0 Å². The zero-order chi connectivity index (χ0) is 12.5. The van der Waals surface area contributed by atoms with Crippen LogP contribution in [0.2, 0.25) is 5.02 Å². The van der Waals surface area contributed by atoms with Crippen LogP contribution in [-0.4, -0.2) is 18.2 Å². The summed E-state index contributed by atoms with van der Waals surface area (Å²) in [7, 11) is 0. The minimum atomic E-state index is -0.186. The molecular formula is C13H18ClNO2. The number of hydrogen-bond acceptors (Lipinski definition) is 3. The van der Waals surface area contributed by atoms with E-state index in [1.807, 2.05) is 39.0 Å². The van der Waals surface area contributed by atoms with Crippen LogP contribution in [0.1, 0.15) is 26.3 Å². The first kappa shape index (κ1) is 12.7. The molecule has 1 aliphatic rings. The van der Waals surface area contributed by atoms with Gasteiger partial charge in [-0.1, -0.05) is 11.6 Å². The van der Waals surface area contributed by atoms with E-state index in [-0.39, 0.29) is 11.7 Å². The predicted molar refractivity (Wildman–Crippen MR) is 68.4 cm³/mol. The van der Waals surface area contributed by atoms with Gasteiger partial charge in [-0.3, -0.25) is 4.84 Å². The van der Waals surface area contributed by atoms with Crippen LogP contribution in [0, 0.1) is 0 Å². The fourth-order valence-corrected chi connectivity index (χ4v) is 1.95.